The summed E-state index contributed by atoms with van der Waals surface area (Å²) in [6.45, 7) is -0.335. The van der Waals surface area contributed by atoms with Crippen LogP contribution >= 0.6 is 23.5 Å². The van der Waals surface area contributed by atoms with Crippen molar-refractivity contribution in [2.24, 2.45) is 5.73 Å². The maximum Gasteiger partial charge on any atom is 0.490 e. The number of fused-ring (bicyclic) bond motifs is 1. The van der Waals surface area contributed by atoms with Crippen LogP contribution in [0.3, 0.4) is 0 Å². The van der Waals surface area contributed by atoms with E-state index in [9.17, 15) is 38.2 Å². The Balaban J connectivity index is 1.77. The zero-order valence-corrected chi connectivity index (χ0v) is 24.2. The van der Waals surface area contributed by atoms with Crippen LogP contribution in [0.25, 0.3) is 11.2 Å². The van der Waals surface area contributed by atoms with Crippen molar-refractivity contribution >= 4 is 46.7 Å². The van der Waals surface area contributed by atoms with Gasteiger partial charge >= 0.3 is 29.6 Å². The fraction of sp³-hybridized carbons (Fsp3) is 0.647. The molecule has 1 fully saturated rings. The van der Waals surface area contributed by atoms with Crippen LogP contribution in [-0.2, 0) is 36.3 Å². The molecule has 6 atom stereocenters. The molecule has 1 amide bonds. The van der Waals surface area contributed by atoms with Crippen molar-refractivity contribution in [2.75, 3.05) is 25.4 Å². The van der Waals surface area contributed by atoms with Gasteiger partial charge in [-0.15, -0.1) is 0 Å². The number of carbonyl (C=O) groups excluding carboxylic acids is 1. The van der Waals surface area contributed by atoms with Gasteiger partial charge in [-0.2, -0.15) is 13.6 Å². The quantitative estimate of drug-likeness (QED) is 0.0806. The third kappa shape index (κ3) is 9.61. The number of nitrogens with one attached hydrogen (secondary N) is 2. The molecule has 238 valence electrons. The number of aliphatic hydroxyl groups excluding tert-OH is 1. The van der Waals surface area contributed by atoms with E-state index in [4.69, 9.17) is 30.7 Å². The minimum Gasteiger partial charge on any atom is -0.440 e. The van der Waals surface area contributed by atoms with Gasteiger partial charge in [-0.3, -0.25) is 18.9 Å². The summed E-state index contributed by atoms with van der Waals surface area (Å²) in [6.07, 6.45) is -3.40. The molecule has 22 nitrogen and oxygen atoms in total. The summed E-state index contributed by atoms with van der Waals surface area (Å²) in [6, 6.07) is 0. The van der Waals surface area contributed by atoms with Crippen molar-refractivity contribution in [3.8, 4) is 0 Å². The average Bonchev–Trinajstić information content (AvgIpc) is 3.39. The lowest BCUT2D eigenvalue weighted by Gasteiger charge is -2.22. The van der Waals surface area contributed by atoms with Crippen LogP contribution in [0, 0.1) is 0 Å². The SMILES string of the molecule is NCCCCCCNC(=O)OC1C(COP(=O)(O)OP(=O)(O)OP(=O)(O)O)OC(n2cnc3c(=O)[nH]c(N)nc32)C1O. The topological polar surface area (TPSA) is 343 Å². The molecule has 1 saturated heterocycles. The smallest absolute Gasteiger partial charge is 0.440 e. The maximum absolute atomic E-state index is 12.5. The molecule has 1 aliphatic heterocycles. The molecule has 42 heavy (non-hydrogen) atoms. The second-order valence-electron chi connectivity index (χ2n) is 8.72. The number of carbonyl (C=O) groups is 1. The lowest BCUT2D eigenvalue weighted by atomic mass is 10.1. The van der Waals surface area contributed by atoms with Gasteiger partial charge in [-0.25, -0.2) is 23.5 Å². The molecule has 2 aromatic rings. The Bertz CT molecular complexity index is 1450. The molecule has 0 aromatic carbocycles. The van der Waals surface area contributed by atoms with E-state index in [0.29, 0.717) is 13.0 Å². The normalized spacial score (nSPS) is 23.9. The molecular formula is C17H30N7O15P3. The molecule has 0 bridgehead atoms. The fourth-order valence-electron chi connectivity index (χ4n) is 3.81. The lowest BCUT2D eigenvalue weighted by molar-refractivity contribution is -0.0508. The molecule has 0 spiro atoms. The number of aromatic amines is 1. The number of rotatable bonds is 15. The van der Waals surface area contributed by atoms with Crippen molar-refractivity contribution < 1.29 is 65.8 Å². The van der Waals surface area contributed by atoms with Gasteiger partial charge in [-0.05, 0) is 19.4 Å². The van der Waals surface area contributed by atoms with E-state index in [1.54, 1.807) is 0 Å². The van der Waals surface area contributed by atoms with Crippen LogP contribution < -0.4 is 22.3 Å². The molecule has 1 aliphatic rings. The van der Waals surface area contributed by atoms with Gasteiger partial charge in [-0.1, -0.05) is 12.8 Å². The highest BCUT2D eigenvalue weighted by molar-refractivity contribution is 7.66. The Morgan fingerprint density at radius 3 is 2.48 bits per heavy atom. The van der Waals surface area contributed by atoms with E-state index >= 15 is 0 Å². The number of aromatic nitrogens is 4. The van der Waals surface area contributed by atoms with Gasteiger partial charge < -0.3 is 50.9 Å². The van der Waals surface area contributed by atoms with Gasteiger partial charge in [0.05, 0.1) is 12.9 Å². The maximum atomic E-state index is 12.5. The summed E-state index contributed by atoms with van der Waals surface area (Å²) in [5, 5.41) is 13.5. The van der Waals surface area contributed by atoms with Crippen LogP contribution in [0.2, 0.25) is 0 Å². The Labute approximate surface area is 235 Å². The third-order valence-electron chi connectivity index (χ3n) is 5.50. The molecule has 3 heterocycles. The summed E-state index contributed by atoms with van der Waals surface area (Å²) < 4.78 is 58.6. The zero-order valence-electron chi connectivity index (χ0n) is 21.5. The largest absolute Gasteiger partial charge is 0.490 e. The number of amides is 1. The number of hydrogen-bond acceptors (Lipinski definition) is 15. The number of aliphatic hydroxyl groups is 1. The van der Waals surface area contributed by atoms with E-state index in [1.807, 2.05) is 0 Å². The van der Waals surface area contributed by atoms with Gasteiger partial charge in [0.25, 0.3) is 5.56 Å². The summed E-state index contributed by atoms with van der Waals surface area (Å²) >= 11 is 0. The Morgan fingerprint density at radius 2 is 1.81 bits per heavy atom. The Morgan fingerprint density at radius 1 is 1.12 bits per heavy atom. The van der Waals surface area contributed by atoms with Crippen molar-refractivity contribution in [3.05, 3.63) is 16.7 Å². The molecule has 11 N–H and O–H groups in total. The molecule has 0 aliphatic carbocycles. The van der Waals surface area contributed by atoms with Crippen molar-refractivity contribution in [1.82, 2.24) is 24.8 Å². The van der Waals surface area contributed by atoms with E-state index in [0.717, 1.165) is 30.2 Å². The van der Waals surface area contributed by atoms with Crippen LogP contribution in [-0.4, -0.2) is 88.3 Å². The monoisotopic (exact) mass is 665 g/mol. The number of hydrogen-bond donors (Lipinski definition) is 9. The summed E-state index contributed by atoms with van der Waals surface area (Å²) in [7, 11) is -17.0. The Hall–Kier alpha value is -2.29. The zero-order chi connectivity index (χ0) is 31.3. The first kappa shape index (κ1) is 34.2. The number of H-pyrrole nitrogens is 1. The standard InChI is InChI=1S/C17H30N7O15P3/c18-5-3-1-2-4-6-20-17(27)37-12-9(7-35-41(31,32)39-42(33,34)38-40(28,29)30)36-15(11(12)25)24-8-21-10-13(24)22-16(19)23-14(10)26/h8-9,11-12,15,25H,1-7,18H2,(H,20,27)(H,31,32)(H,33,34)(H2,28,29,30)(H3,19,22,23,26). The second-order valence-corrected chi connectivity index (χ2v) is 13.1. The number of nitrogens with two attached hydrogens (primary N) is 2. The van der Waals surface area contributed by atoms with Gasteiger partial charge in [0.15, 0.2) is 23.5 Å². The molecule has 2 aromatic heterocycles. The average molecular weight is 665 g/mol. The van der Waals surface area contributed by atoms with Gasteiger partial charge in [0, 0.05) is 6.54 Å². The number of unbranched alkanes of at least 4 members (excludes halogenated alkanes) is 3. The first-order valence-corrected chi connectivity index (χ1v) is 16.5. The summed E-state index contributed by atoms with van der Waals surface area (Å²) in [5.41, 5.74) is 9.97. The van der Waals surface area contributed by atoms with E-state index in [1.165, 1.54) is 0 Å². The van der Waals surface area contributed by atoms with Gasteiger partial charge in [0.1, 0.15) is 12.2 Å². The number of nitrogen functional groups attached to an aromatic ring is 1. The van der Waals surface area contributed by atoms with E-state index in [-0.39, 0.29) is 23.7 Å². The summed E-state index contributed by atoms with van der Waals surface area (Å²) in [5.74, 6) is -0.301. The predicted molar refractivity (Wildman–Crippen MR) is 138 cm³/mol. The van der Waals surface area contributed by atoms with Crippen LogP contribution in [0.4, 0.5) is 10.7 Å². The molecular weight excluding hydrogens is 635 g/mol. The van der Waals surface area contributed by atoms with E-state index < -0.39 is 66.3 Å². The molecule has 0 saturated carbocycles. The van der Waals surface area contributed by atoms with Crippen LogP contribution in [0.5, 0.6) is 0 Å². The minimum atomic E-state index is -5.82. The van der Waals surface area contributed by atoms with E-state index in [2.05, 4.69) is 33.4 Å². The number of ether oxygens (including phenoxy) is 2. The third-order valence-corrected chi connectivity index (χ3v) is 9.30. The van der Waals surface area contributed by atoms with Crippen molar-refractivity contribution in [3.63, 3.8) is 0 Å². The van der Waals surface area contributed by atoms with Crippen molar-refractivity contribution in [2.45, 2.75) is 50.2 Å². The molecule has 6 unspecified atom stereocenters. The minimum absolute atomic E-state index is 0.144. The number of anilines is 1. The number of imidazole rings is 1. The number of phosphoric acid groups is 3. The highest BCUT2D eigenvalue weighted by Crippen LogP contribution is 2.66. The number of alkyl carbamates (subject to hydrolysis) is 1. The summed E-state index contributed by atoms with van der Waals surface area (Å²) in [4.78, 5) is 71.1. The highest BCUT2D eigenvalue weighted by Gasteiger charge is 2.49. The second kappa shape index (κ2) is 14.0. The molecule has 3 rings (SSSR count). The first-order chi connectivity index (χ1) is 19.5. The molecule has 0 radical (unpaired) electrons. The molecule has 25 heteroatoms. The first-order valence-electron chi connectivity index (χ1n) is 12.0. The lowest BCUT2D eigenvalue weighted by Crippen LogP contribution is -2.41. The van der Waals surface area contributed by atoms with Crippen molar-refractivity contribution in [1.29, 1.82) is 0 Å². The van der Waals surface area contributed by atoms with Crippen LogP contribution in [0.1, 0.15) is 31.9 Å². The van der Waals surface area contributed by atoms with Crippen LogP contribution in [0.15, 0.2) is 11.1 Å². The highest BCUT2D eigenvalue weighted by atomic mass is 31.3. The van der Waals surface area contributed by atoms with Gasteiger partial charge in [0.2, 0.25) is 5.95 Å². The predicted octanol–water partition coefficient (Wildman–Crippen LogP) is -1.08. The number of phosphoric ester groups is 1. The Kier molecular flexibility index (Phi) is 11.4. The fourth-order valence-corrected chi connectivity index (χ4v) is 6.84. The number of nitrogens with zero attached hydrogens (tertiary/aromatic N) is 3.